The molecular formula is C14H17N3O4. The van der Waals surface area contributed by atoms with Crippen LogP contribution >= 0.6 is 0 Å². The third-order valence-electron chi connectivity index (χ3n) is 4.89. The summed E-state index contributed by atoms with van der Waals surface area (Å²) in [4.78, 5) is 25.9. The Morgan fingerprint density at radius 2 is 2.10 bits per heavy atom. The maximum Gasteiger partial charge on any atom is 0.278 e. The van der Waals surface area contributed by atoms with Crippen molar-refractivity contribution in [1.82, 2.24) is 9.58 Å². The van der Waals surface area contributed by atoms with Gasteiger partial charge in [-0.2, -0.15) is 0 Å². The summed E-state index contributed by atoms with van der Waals surface area (Å²) in [6, 6.07) is 1.26. The molecule has 0 aromatic carbocycles. The van der Waals surface area contributed by atoms with Crippen molar-refractivity contribution in [2.45, 2.75) is 25.4 Å². The monoisotopic (exact) mass is 291 g/mol. The van der Waals surface area contributed by atoms with Gasteiger partial charge in [0.05, 0.1) is 0 Å². The summed E-state index contributed by atoms with van der Waals surface area (Å²) in [5.74, 6) is -0.765. The summed E-state index contributed by atoms with van der Waals surface area (Å²) in [6.07, 6.45) is 4.16. The number of nitrogens with zero attached hydrogens (tertiary/aromatic N) is 2. The van der Waals surface area contributed by atoms with Crippen molar-refractivity contribution in [1.29, 1.82) is 0 Å². The van der Waals surface area contributed by atoms with Crippen LogP contribution in [0.3, 0.4) is 0 Å². The summed E-state index contributed by atoms with van der Waals surface area (Å²) in [7, 11) is 0. The number of nitrogens with one attached hydrogen (secondary N) is 1. The van der Waals surface area contributed by atoms with Crippen LogP contribution in [0.15, 0.2) is 17.1 Å². The van der Waals surface area contributed by atoms with E-state index < -0.39 is 11.2 Å². The first kappa shape index (κ1) is 12.7. The van der Waals surface area contributed by atoms with Gasteiger partial charge in [-0.3, -0.25) is 14.3 Å². The Kier molecular flexibility index (Phi) is 2.56. The maximum absolute atomic E-state index is 12.6. The minimum atomic E-state index is -0.533. The lowest BCUT2D eigenvalue weighted by atomic mass is 9.79. The molecule has 7 nitrogen and oxygen atoms in total. The molecule has 4 heterocycles. The number of aromatic nitrogens is 1. The molecule has 1 unspecified atom stereocenters. The van der Waals surface area contributed by atoms with Gasteiger partial charge in [0.1, 0.15) is 6.17 Å². The van der Waals surface area contributed by atoms with E-state index in [9.17, 15) is 14.7 Å². The molecule has 7 heteroatoms. The molecule has 0 aliphatic carbocycles. The summed E-state index contributed by atoms with van der Waals surface area (Å²) in [5.41, 5.74) is 2.80. The van der Waals surface area contributed by atoms with E-state index in [1.165, 1.54) is 16.9 Å². The molecule has 2 fully saturated rings. The van der Waals surface area contributed by atoms with Gasteiger partial charge < -0.3 is 20.2 Å². The third-order valence-corrected chi connectivity index (χ3v) is 4.89. The number of hydrogen-bond acceptors (Lipinski definition) is 5. The minimum absolute atomic E-state index is 0.0304. The summed E-state index contributed by atoms with van der Waals surface area (Å²) < 4.78 is 6.89. The predicted molar refractivity (Wildman–Crippen MR) is 73.7 cm³/mol. The second-order valence-electron chi connectivity index (χ2n) is 6.14. The van der Waals surface area contributed by atoms with Crippen LogP contribution in [-0.4, -0.2) is 46.5 Å². The van der Waals surface area contributed by atoms with Gasteiger partial charge in [0.2, 0.25) is 5.43 Å². The largest absolute Gasteiger partial charge is 0.502 e. The topological polar surface area (TPSA) is 83.8 Å². The fourth-order valence-electron chi connectivity index (χ4n) is 3.69. The second-order valence-corrected chi connectivity index (χ2v) is 6.14. The first-order chi connectivity index (χ1) is 10.1. The average molecular weight is 291 g/mol. The average Bonchev–Trinajstić information content (AvgIpc) is 2.82. The zero-order chi connectivity index (χ0) is 14.6. The van der Waals surface area contributed by atoms with E-state index in [1.807, 2.05) is 0 Å². The molecule has 1 aromatic heterocycles. The van der Waals surface area contributed by atoms with Gasteiger partial charge in [-0.25, -0.2) is 0 Å². The third kappa shape index (κ3) is 1.77. The number of aromatic hydroxyl groups is 1. The van der Waals surface area contributed by atoms with Crippen molar-refractivity contribution in [2.75, 3.05) is 25.2 Å². The van der Waals surface area contributed by atoms with Crippen LogP contribution in [0.4, 0.5) is 0 Å². The Balaban J connectivity index is 1.71. The van der Waals surface area contributed by atoms with Gasteiger partial charge in [-0.15, -0.1) is 0 Å². The van der Waals surface area contributed by atoms with Gasteiger partial charge >= 0.3 is 0 Å². The lowest BCUT2D eigenvalue weighted by Crippen LogP contribution is -2.50. The Morgan fingerprint density at radius 1 is 1.33 bits per heavy atom. The lowest BCUT2D eigenvalue weighted by molar-refractivity contribution is 0.0190. The van der Waals surface area contributed by atoms with Crippen molar-refractivity contribution in [2.24, 2.45) is 5.41 Å². The van der Waals surface area contributed by atoms with Crippen LogP contribution in [0.2, 0.25) is 0 Å². The number of ether oxygens (including phenoxy) is 1. The van der Waals surface area contributed by atoms with E-state index in [2.05, 4.69) is 5.43 Å². The molecule has 112 valence electrons. The Labute approximate surface area is 121 Å². The molecule has 0 radical (unpaired) electrons. The van der Waals surface area contributed by atoms with E-state index in [-0.39, 0.29) is 23.2 Å². The van der Waals surface area contributed by atoms with Gasteiger partial charge in [0, 0.05) is 32.0 Å². The van der Waals surface area contributed by atoms with Crippen LogP contribution in [0.25, 0.3) is 0 Å². The molecule has 1 aromatic rings. The molecule has 0 saturated carbocycles. The molecule has 2 saturated heterocycles. The van der Waals surface area contributed by atoms with Crippen LogP contribution in [-0.2, 0) is 4.74 Å². The molecule has 3 aliphatic rings. The highest BCUT2D eigenvalue weighted by atomic mass is 16.5. The smallest absolute Gasteiger partial charge is 0.278 e. The zero-order valence-corrected chi connectivity index (χ0v) is 11.5. The van der Waals surface area contributed by atoms with Gasteiger partial charge in [0.15, 0.2) is 11.4 Å². The van der Waals surface area contributed by atoms with Crippen LogP contribution in [0.5, 0.6) is 5.75 Å². The van der Waals surface area contributed by atoms with Crippen molar-refractivity contribution in [3.8, 4) is 5.75 Å². The van der Waals surface area contributed by atoms with Gasteiger partial charge in [-0.05, 0) is 24.7 Å². The summed E-state index contributed by atoms with van der Waals surface area (Å²) >= 11 is 0. The van der Waals surface area contributed by atoms with E-state index in [0.717, 1.165) is 32.5 Å². The number of rotatable bonds is 0. The minimum Gasteiger partial charge on any atom is -0.502 e. The molecule has 1 spiro atoms. The van der Waals surface area contributed by atoms with Crippen LogP contribution < -0.4 is 10.9 Å². The van der Waals surface area contributed by atoms with E-state index in [1.54, 1.807) is 4.90 Å². The summed E-state index contributed by atoms with van der Waals surface area (Å²) in [5, 5.41) is 9.89. The molecule has 1 amide bonds. The van der Waals surface area contributed by atoms with E-state index >= 15 is 0 Å². The molecule has 1 atom stereocenters. The number of amides is 1. The molecule has 3 aliphatic heterocycles. The molecule has 0 bridgehead atoms. The second kappa shape index (κ2) is 4.24. The number of pyridine rings is 1. The molecule has 21 heavy (non-hydrogen) atoms. The van der Waals surface area contributed by atoms with E-state index in [4.69, 9.17) is 4.74 Å². The number of carbonyl (C=O) groups excluding carboxylic acids is 1. The Morgan fingerprint density at radius 3 is 2.86 bits per heavy atom. The van der Waals surface area contributed by atoms with E-state index in [0.29, 0.717) is 6.54 Å². The summed E-state index contributed by atoms with van der Waals surface area (Å²) in [6.45, 7) is 2.10. The number of fused-ring (bicyclic) bond motifs is 2. The molecular weight excluding hydrogens is 274 g/mol. The number of hydrogen-bond donors (Lipinski definition) is 2. The lowest BCUT2D eigenvalue weighted by Gasteiger charge is -2.34. The highest BCUT2D eigenvalue weighted by Gasteiger charge is 2.49. The standard InChI is InChI=1S/C14H17N3O4/c18-9-1-4-17-11(12(9)19)13(20)16-8-14(7-10(16)15-17)2-5-21-6-3-14/h1,4,10,15,19H,2-3,5-8H2. The SMILES string of the molecule is O=C1c2c(O)c(=O)ccn2NC2CC3(CCOCC3)CN12. The van der Waals surface area contributed by atoms with Crippen molar-refractivity contribution >= 4 is 5.91 Å². The number of carbonyl (C=O) groups is 1. The maximum atomic E-state index is 12.6. The van der Waals surface area contributed by atoms with Crippen LogP contribution in [0, 0.1) is 5.41 Å². The fourth-order valence-corrected chi connectivity index (χ4v) is 3.69. The van der Waals surface area contributed by atoms with Gasteiger partial charge in [-0.1, -0.05) is 0 Å². The highest BCUT2D eigenvalue weighted by molar-refractivity contribution is 5.96. The van der Waals surface area contributed by atoms with Gasteiger partial charge in [0.25, 0.3) is 5.91 Å². The van der Waals surface area contributed by atoms with Crippen molar-refractivity contribution < 1.29 is 14.6 Å². The van der Waals surface area contributed by atoms with Crippen molar-refractivity contribution in [3.63, 3.8) is 0 Å². The highest BCUT2D eigenvalue weighted by Crippen LogP contribution is 2.44. The Hall–Kier alpha value is -2.02. The zero-order valence-electron chi connectivity index (χ0n) is 11.5. The molecule has 2 N–H and O–H groups in total. The quantitative estimate of drug-likeness (QED) is 0.707. The molecule has 4 rings (SSSR count). The Bertz CT molecular complexity index is 663. The predicted octanol–water partition coefficient (Wildman–Crippen LogP) is 0.0798. The van der Waals surface area contributed by atoms with Crippen molar-refractivity contribution in [3.05, 3.63) is 28.2 Å². The first-order valence-electron chi connectivity index (χ1n) is 7.20. The normalized spacial score (nSPS) is 26.4. The van der Waals surface area contributed by atoms with Crippen LogP contribution in [0.1, 0.15) is 29.8 Å². The fraction of sp³-hybridized carbons (Fsp3) is 0.571. The first-order valence-corrected chi connectivity index (χ1v) is 7.20.